The van der Waals surface area contributed by atoms with Gasteiger partial charge in [0.15, 0.2) is 5.11 Å². The van der Waals surface area contributed by atoms with Crippen LogP contribution in [0.25, 0.3) is 0 Å². The van der Waals surface area contributed by atoms with Crippen LogP contribution in [0.1, 0.15) is 29.0 Å². The molecule has 1 aliphatic rings. The van der Waals surface area contributed by atoms with Crippen LogP contribution in [-0.4, -0.2) is 23.1 Å². The predicted octanol–water partition coefficient (Wildman–Crippen LogP) is 5.14. The van der Waals surface area contributed by atoms with Crippen LogP contribution in [0.15, 0.2) is 42.5 Å². The van der Waals surface area contributed by atoms with Crippen LogP contribution in [0.2, 0.25) is 5.02 Å². The van der Waals surface area contributed by atoms with Crippen LogP contribution in [0.4, 0.5) is 5.69 Å². The molecule has 0 radical (unpaired) electrons. The van der Waals surface area contributed by atoms with Gasteiger partial charge in [0.1, 0.15) is 0 Å². The summed E-state index contributed by atoms with van der Waals surface area (Å²) in [6, 6.07) is 14.8. The first-order chi connectivity index (χ1) is 11.0. The van der Waals surface area contributed by atoms with Gasteiger partial charge in [-0.05, 0) is 55.7 Å². The van der Waals surface area contributed by atoms with Crippen molar-refractivity contribution in [3.63, 3.8) is 0 Å². The Hall–Kier alpha value is -1.58. The highest BCUT2D eigenvalue weighted by Gasteiger charge is 2.25. The largest absolute Gasteiger partial charge is 0.348 e. The van der Waals surface area contributed by atoms with Crippen LogP contribution >= 0.6 is 23.8 Å². The molecule has 1 atom stereocenters. The molecule has 1 fully saturated rings. The van der Waals surface area contributed by atoms with E-state index in [1.165, 1.54) is 11.1 Å². The highest BCUT2D eigenvalue weighted by molar-refractivity contribution is 7.80. The predicted molar refractivity (Wildman–Crippen MR) is 103 cm³/mol. The van der Waals surface area contributed by atoms with Crippen molar-refractivity contribution in [2.24, 2.45) is 0 Å². The Morgan fingerprint density at radius 3 is 2.61 bits per heavy atom. The molecule has 1 saturated heterocycles. The molecule has 0 aromatic heterocycles. The van der Waals surface area contributed by atoms with Crippen molar-refractivity contribution in [3.8, 4) is 0 Å². The molecule has 2 nitrogen and oxygen atoms in total. The van der Waals surface area contributed by atoms with Crippen molar-refractivity contribution >= 4 is 34.6 Å². The lowest BCUT2D eigenvalue weighted by Crippen LogP contribution is -2.32. The second kappa shape index (κ2) is 6.90. The zero-order chi connectivity index (χ0) is 16.4. The van der Waals surface area contributed by atoms with E-state index in [1.54, 1.807) is 0 Å². The number of aryl methyl sites for hydroxylation is 2. The van der Waals surface area contributed by atoms with E-state index in [1.807, 2.05) is 25.1 Å². The second-order valence-corrected chi connectivity index (χ2v) is 7.03. The van der Waals surface area contributed by atoms with Gasteiger partial charge in [0.05, 0.1) is 0 Å². The molecule has 1 N–H and O–H groups in total. The van der Waals surface area contributed by atoms with Gasteiger partial charge in [-0.15, -0.1) is 0 Å². The molecule has 0 bridgehead atoms. The molecule has 0 unspecified atom stereocenters. The van der Waals surface area contributed by atoms with Crippen LogP contribution < -0.4 is 5.32 Å². The minimum atomic E-state index is 0.553. The van der Waals surface area contributed by atoms with Crippen molar-refractivity contribution in [1.82, 2.24) is 4.90 Å². The molecule has 4 heteroatoms. The second-order valence-electron chi connectivity index (χ2n) is 6.24. The van der Waals surface area contributed by atoms with Gasteiger partial charge >= 0.3 is 0 Å². The molecule has 23 heavy (non-hydrogen) atoms. The normalized spacial score (nSPS) is 17.3. The Morgan fingerprint density at radius 1 is 1.17 bits per heavy atom. The molecule has 1 aliphatic heterocycles. The third-order valence-electron chi connectivity index (χ3n) is 4.45. The zero-order valence-corrected chi connectivity index (χ0v) is 15.0. The van der Waals surface area contributed by atoms with E-state index < -0.39 is 0 Å². The number of nitrogens with one attached hydrogen (secondary N) is 1. The topological polar surface area (TPSA) is 15.3 Å². The van der Waals surface area contributed by atoms with Gasteiger partial charge in [-0.25, -0.2) is 0 Å². The minimum absolute atomic E-state index is 0.553. The lowest BCUT2D eigenvalue weighted by atomic mass is 9.98. The van der Waals surface area contributed by atoms with Crippen molar-refractivity contribution in [3.05, 3.63) is 64.2 Å². The lowest BCUT2D eigenvalue weighted by Gasteiger charge is -2.21. The number of benzene rings is 2. The maximum absolute atomic E-state index is 6.18. The van der Waals surface area contributed by atoms with Gasteiger partial charge in [-0.2, -0.15) is 0 Å². The number of thiocarbonyl (C=S) groups is 1. The zero-order valence-electron chi connectivity index (χ0n) is 13.5. The first kappa shape index (κ1) is 16.3. The molecule has 2 aromatic rings. The van der Waals surface area contributed by atoms with Crippen LogP contribution in [0.3, 0.4) is 0 Å². The lowest BCUT2D eigenvalue weighted by molar-refractivity contribution is 0.518. The number of hydrogen-bond acceptors (Lipinski definition) is 1. The summed E-state index contributed by atoms with van der Waals surface area (Å²) in [6.07, 6.45) is 1.14. The summed E-state index contributed by atoms with van der Waals surface area (Å²) in [5, 5.41) is 4.84. The molecule has 0 saturated carbocycles. The van der Waals surface area contributed by atoms with Crippen molar-refractivity contribution in [2.75, 3.05) is 18.4 Å². The number of likely N-dealkylation sites (tertiary alicyclic amines) is 1. The fourth-order valence-corrected chi connectivity index (χ4v) is 3.39. The number of anilines is 1. The maximum Gasteiger partial charge on any atom is 0.173 e. The van der Waals surface area contributed by atoms with Gasteiger partial charge < -0.3 is 10.2 Å². The molecular weight excluding hydrogens is 324 g/mol. The van der Waals surface area contributed by atoms with E-state index in [9.17, 15) is 0 Å². The highest BCUT2D eigenvalue weighted by Crippen LogP contribution is 2.28. The van der Waals surface area contributed by atoms with E-state index in [0.29, 0.717) is 5.92 Å². The van der Waals surface area contributed by atoms with Crippen LogP contribution in [0, 0.1) is 13.8 Å². The Kier molecular flexibility index (Phi) is 4.88. The minimum Gasteiger partial charge on any atom is -0.348 e. The Balaban J connectivity index is 1.63. The quantitative estimate of drug-likeness (QED) is 0.759. The summed E-state index contributed by atoms with van der Waals surface area (Å²) in [5.41, 5.74) is 4.73. The summed E-state index contributed by atoms with van der Waals surface area (Å²) in [4.78, 5) is 2.24. The molecule has 0 aliphatic carbocycles. The van der Waals surface area contributed by atoms with E-state index in [4.69, 9.17) is 23.8 Å². The summed E-state index contributed by atoms with van der Waals surface area (Å²) < 4.78 is 0. The van der Waals surface area contributed by atoms with Gasteiger partial charge in [-0.1, -0.05) is 47.5 Å². The summed E-state index contributed by atoms with van der Waals surface area (Å²) in [6.45, 7) is 6.08. The SMILES string of the molecule is Cc1ccc([C@@H]2CCN(C(=S)Nc3ccc(C)c(Cl)c3)C2)cc1. The fraction of sp³-hybridized carbons (Fsp3) is 0.316. The molecular formula is C19H21ClN2S. The smallest absolute Gasteiger partial charge is 0.173 e. The molecule has 2 aromatic carbocycles. The Morgan fingerprint density at radius 2 is 1.91 bits per heavy atom. The molecule has 1 heterocycles. The molecule has 3 rings (SSSR count). The highest BCUT2D eigenvalue weighted by atomic mass is 35.5. The number of nitrogens with zero attached hydrogens (tertiary/aromatic N) is 1. The third-order valence-corrected chi connectivity index (χ3v) is 5.21. The first-order valence-corrected chi connectivity index (χ1v) is 8.70. The van der Waals surface area contributed by atoms with E-state index in [2.05, 4.69) is 41.4 Å². The number of rotatable bonds is 2. The Labute approximate surface area is 148 Å². The van der Waals surface area contributed by atoms with Crippen molar-refractivity contribution < 1.29 is 0 Å². The Bertz CT molecular complexity index is 712. The third kappa shape index (κ3) is 3.85. The van der Waals surface area contributed by atoms with E-state index in [0.717, 1.165) is 40.9 Å². The standard InChI is InChI=1S/C19H21ClN2S/c1-13-3-6-15(7-4-13)16-9-10-22(12-16)19(23)21-17-8-5-14(2)18(20)11-17/h3-8,11,16H,9-10,12H2,1-2H3,(H,21,23)/t16-/m1/s1. The number of hydrogen-bond donors (Lipinski definition) is 1. The average molecular weight is 345 g/mol. The summed E-state index contributed by atoms with van der Waals surface area (Å²) >= 11 is 11.7. The van der Waals surface area contributed by atoms with E-state index >= 15 is 0 Å². The van der Waals surface area contributed by atoms with Crippen LogP contribution in [0.5, 0.6) is 0 Å². The average Bonchev–Trinajstić information content (AvgIpc) is 3.02. The van der Waals surface area contributed by atoms with Gasteiger partial charge in [-0.3, -0.25) is 0 Å². The maximum atomic E-state index is 6.18. The molecule has 0 amide bonds. The fourth-order valence-electron chi connectivity index (χ4n) is 2.93. The van der Waals surface area contributed by atoms with Crippen molar-refractivity contribution in [1.29, 1.82) is 0 Å². The van der Waals surface area contributed by atoms with Gasteiger partial charge in [0.25, 0.3) is 0 Å². The van der Waals surface area contributed by atoms with E-state index in [-0.39, 0.29) is 0 Å². The summed E-state index contributed by atoms with van der Waals surface area (Å²) in [7, 11) is 0. The van der Waals surface area contributed by atoms with Gasteiger partial charge in [0, 0.05) is 29.7 Å². The van der Waals surface area contributed by atoms with Crippen LogP contribution in [-0.2, 0) is 0 Å². The van der Waals surface area contributed by atoms with Gasteiger partial charge in [0.2, 0.25) is 0 Å². The first-order valence-electron chi connectivity index (χ1n) is 7.91. The molecule has 0 spiro atoms. The molecule has 120 valence electrons. The monoisotopic (exact) mass is 344 g/mol. The summed E-state index contributed by atoms with van der Waals surface area (Å²) in [5.74, 6) is 0.553. The van der Waals surface area contributed by atoms with Crippen molar-refractivity contribution in [2.45, 2.75) is 26.2 Å². The number of halogens is 1.